The van der Waals surface area contributed by atoms with Gasteiger partial charge in [0.15, 0.2) is 41.0 Å². The van der Waals surface area contributed by atoms with E-state index in [0.29, 0.717) is 40.2 Å². The van der Waals surface area contributed by atoms with Crippen molar-refractivity contribution in [2.45, 2.75) is 26.1 Å². The topological polar surface area (TPSA) is 225 Å². The number of carboxylic acid groups (broad SMARTS) is 1. The van der Waals surface area contributed by atoms with Gasteiger partial charge >= 0.3 is 0 Å². The Kier molecular flexibility index (Phi) is 25.2. The molecule has 6 rings (SSSR count). The molecule has 2 aromatic heterocycles. The number of hydrazine groups is 1. The number of Topliss-reactive ketones (excluding diaryl/α,β-unsaturated/α-hetero) is 1. The first-order chi connectivity index (χ1) is 31.8. The van der Waals surface area contributed by atoms with Crippen molar-refractivity contribution in [1.82, 2.24) is 5.43 Å². The van der Waals surface area contributed by atoms with Crippen molar-refractivity contribution in [2.24, 2.45) is 10.8 Å². The number of hydrogen-bond donors (Lipinski definition) is 4. The van der Waals surface area contributed by atoms with Gasteiger partial charge in [-0.3, -0.25) is 24.8 Å². The second-order valence-corrected chi connectivity index (χ2v) is 15.1. The van der Waals surface area contributed by atoms with Gasteiger partial charge in [-0.1, -0.05) is 36.4 Å². The normalized spacial score (nSPS) is 11.1. The second-order valence-electron chi connectivity index (χ2n) is 12.9. The van der Waals surface area contributed by atoms with Crippen LogP contribution in [-0.2, 0) is 23.9 Å². The van der Waals surface area contributed by atoms with Crippen LogP contribution in [0.25, 0.3) is 20.2 Å². The number of aliphatic hydroxyl groups excluding tert-OH is 1. The fraction of sp³-hybridized carbons (Fsp3) is 0.319. The molecule has 19 heteroatoms. The summed E-state index contributed by atoms with van der Waals surface area (Å²) in [6.45, 7) is 3.02. The maximum absolute atomic E-state index is 12.7. The minimum absolute atomic E-state index is 0.00338. The Labute approximate surface area is 392 Å². The number of rotatable bonds is 16. The van der Waals surface area contributed by atoms with Gasteiger partial charge in [0.05, 0.1) is 49.8 Å². The molecule has 2 heterocycles. The van der Waals surface area contributed by atoms with Crippen molar-refractivity contribution in [3.05, 3.63) is 100 Å². The molecule has 0 saturated carbocycles. The summed E-state index contributed by atoms with van der Waals surface area (Å²) in [5, 5.41) is 17.2. The highest BCUT2D eigenvalue weighted by molar-refractivity contribution is 7.19. The lowest BCUT2D eigenvalue weighted by atomic mass is 10.1. The summed E-state index contributed by atoms with van der Waals surface area (Å²) in [5.41, 5.74) is 2.84. The zero-order valence-corrected chi connectivity index (χ0v) is 40.5. The Hall–Kier alpha value is -6.48. The fourth-order valence-corrected chi connectivity index (χ4v) is 8.08. The van der Waals surface area contributed by atoms with Gasteiger partial charge in [0.25, 0.3) is 11.9 Å². The van der Waals surface area contributed by atoms with Crippen LogP contribution in [0.3, 0.4) is 0 Å². The molecular formula is C47H59N3O14S2. The average Bonchev–Trinajstić information content (AvgIpc) is 3.96. The first-order valence-electron chi connectivity index (χ1n) is 19.8. The number of carbonyl (C=O) groups excluding carboxylic acids is 2. The van der Waals surface area contributed by atoms with Crippen molar-refractivity contribution in [1.29, 1.82) is 0 Å². The molecule has 66 heavy (non-hydrogen) atoms. The number of methoxy groups -OCH3 is 9. The van der Waals surface area contributed by atoms with Crippen molar-refractivity contribution in [3.8, 4) is 40.2 Å². The third kappa shape index (κ3) is 16.5. The largest absolute Gasteiger partial charge is 0.496 e. The molecular weight excluding hydrogens is 895 g/mol. The zero-order chi connectivity index (χ0) is 49.2. The standard InChI is InChI=1S/C22H23NO5S.C11H12N2O2S.C10H14O4.C2H4O2.C2H6O/c1-25-17-9-14(10-18(26-2)22(17)28-4)12-23-13-16(24)21(27-3)20-11-15-7-5-6-8-19(15)29-20;1-15-10(11(14)13-12)9-6-7-4-2-3-5-8(7)16-9;1-11-7-5-8(12-2)10(14-4)9(6-7)13-3;1-2(3)4;1-2-3/h5-12,21H,13H2,1-4H3;2-6,10H,12H2,1H3,(H,13,14);5-6H,1-4H3;1H3,(H,3,4);3H,2H2,1H3. The Morgan fingerprint density at radius 1 is 0.652 bits per heavy atom. The number of benzene rings is 4. The van der Waals surface area contributed by atoms with Crippen LogP contribution in [0.2, 0.25) is 0 Å². The molecule has 0 saturated heterocycles. The number of nitrogens with zero attached hydrogens (tertiary/aromatic N) is 1. The van der Waals surface area contributed by atoms with Crippen LogP contribution in [0.5, 0.6) is 40.2 Å². The number of aliphatic imine (C=N–C) groups is 1. The number of thiophene rings is 2. The molecule has 0 aliphatic rings. The molecule has 2 unspecified atom stereocenters. The third-order valence-electron chi connectivity index (χ3n) is 8.60. The van der Waals surface area contributed by atoms with E-state index in [2.05, 4.69) is 10.4 Å². The molecule has 2 atom stereocenters. The fourth-order valence-electron chi connectivity index (χ4n) is 5.77. The summed E-state index contributed by atoms with van der Waals surface area (Å²) < 4.78 is 49.3. The van der Waals surface area contributed by atoms with E-state index >= 15 is 0 Å². The number of aliphatic hydroxyl groups is 1. The molecule has 4 aromatic carbocycles. The highest BCUT2D eigenvalue weighted by Gasteiger charge is 2.23. The second kappa shape index (κ2) is 29.9. The van der Waals surface area contributed by atoms with Crippen molar-refractivity contribution >= 4 is 66.7 Å². The first kappa shape index (κ1) is 55.7. The molecule has 0 bridgehead atoms. The van der Waals surface area contributed by atoms with E-state index in [9.17, 15) is 9.59 Å². The number of ketones is 1. The van der Waals surface area contributed by atoms with Gasteiger partial charge in [0.2, 0.25) is 11.5 Å². The van der Waals surface area contributed by atoms with Crippen LogP contribution < -0.4 is 44.4 Å². The lowest BCUT2D eigenvalue weighted by Crippen LogP contribution is -2.35. The van der Waals surface area contributed by atoms with E-state index in [0.717, 1.165) is 42.4 Å². The van der Waals surface area contributed by atoms with Crippen LogP contribution in [0.4, 0.5) is 0 Å². The van der Waals surface area contributed by atoms with E-state index in [1.165, 1.54) is 25.6 Å². The molecule has 17 nitrogen and oxygen atoms in total. The molecule has 5 N–H and O–H groups in total. The van der Waals surface area contributed by atoms with Crippen LogP contribution in [-0.4, -0.2) is 111 Å². The lowest BCUT2D eigenvalue weighted by molar-refractivity contribution is -0.134. The third-order valence-corrected chi connectivity index (χ3v) is 10.9. The Bertz CT molecular complexity index is 2330. The minimum Gasteiger partial charge on any atom is -0.496 e. The van der Waals surface area contributed by atoms with Crippen molar-refractivity contribution in [2.75, 3.05) is 77.1 Å². The molecule has 0 fully saturated rings. The molecule has 0 spiro atoms. The summed E-state index contributed by atoms with van der Waals surface area (Å²) in [6, 6.07) is 26.9. The summed E-state index contributed by atoms with van der Waals surface area (Å²) in [7, 11) is 14.0. The van der Waals surface area contributed by atoms with E-state index in [4.69, 9.17) is 63.5 Å². The number of carbonyl (C=O) groups is 3. The molecule has 358 valence electrons. The van der Waals surface area contributed by atoms with Gasteiger partial charge < -0.3 is 52.8 Å². The van der Waals surface area contributed by atoms with Gasteiger partial charge in [-0.05, 0) is 59.7 Å². The van der Waals surface area contributed by atoms with E-state index in [1.807, 2.05) is 60.7 Å². The maximum Gasteiger partial charge on any atom is 0.300 e. The quantitative estimate of drug-likeness (QED) is 0.0316. The molecule has 6 aromatic rings. The number of carboxylic acids is 1. The van der Waals surface area contributed by atoms with Gasteiger partial charge in [0.1, 0.15) is 12.3 Å². The van der Waals surface area contributed by atoms with Crippen LogP contribution in [0.15, 0.2) is 89.9 Å². The van der Waals surface area contributed by atoms with Gasteiger partial charge in [-0.2, -0.15) is 0 Å². The predicted octanol–water partition coefficient (Wildman–Crippen LogP) is 7.69. The zero-order valence-electron chi connectivity index (χ0n) is 38.9. The number of hydrogen-bond acceptors (Lipinski definition) is 17. The van der Waals surface area contributed by atoms with Gasteiger partial charge in [-0.25, -0.2) is 5.84 Å². The van der Waals surface area contributed by atoms with Crippen LogP contribution in [0, 0.1) is 0 Å². The number of nitrogens with one attached hydrogen (secondary N) is 1. The number of aliphatic carboxylic acids is 1. The van der Waals surface area contributed by atoms with Crippen molar-refractivity contribution in [3.63, 3.8) is 0 Å². The Morgan fingerprint density at radius 2 is 1.05 bits per heavy atom. The predicted molar refractivity (Wildman–Crippen MR) is 258 cm³/mol. The monoisotopic (exact) mass is 953 g/mol. The highest BCUT2D eigenvalue weighted by atomic mass is 32.1. The van der Waals surface area contributed by atoms with Crippen LogP contribution >= 0.6 is 22.7 Å². The highest BCUT2D eigenvalue weighted by Crippen LogP contribution is 2.41. The first-order valence-corrected chi connectivity index (χ1v) is 21.4. The van der Waals surface area contributed by atoms with E-state index in [1.54, 1.807) is 98.5 Å². The minimum atomic E-state index is -0.833. The van der Waals surface area contributed by atoms with E-state index < -0.39 is 18.2 Å². The SMILES string of the molecule is CC(=O)O.CCO.COC(C(=O)NN)c1cc2ccccc2s1.COc1cc(C=NCC(=O)C(OC)c2cc3ccccc3s2)cc(OC)c1OC.COc1cc(OC)c(OC)c(OC)c1. The lowest BCUT2D eigenvalue weighted by Gasteiger charge is -2.13. The van der Waals surface area contributed by atoms with Crippen molar-refractivity contribution < 1.29 is 67.2 Å². The maximum atomic E-state index is 12.7. The summed E-state index contributed by atoms with van der Waals surface area (Å²) >= 11 is 3.09. The van der Waals surface area contributed by atoms with E-state index in [-0.39, 0.29) is 24.8 Å². The number of ether oxygens (including phenoxy) is 9. The Morgan fingerprint density at radius 3 is 1.39 bits per heavy atom. The molecule has 0 aliphatic carbocycles. The summed E-state index contributed by atoms with van der Waals surface area (Å²) in [5.74, 6) is 7.79. The van der Waals surface area contributed by atoms with Crippen LogP contribution in [0.1, 0.15) is 41.4 Å². The summed E-state index contributed by atoms with van der Waals surface area (Å²) in [4.78, 5) is 39.2. The number of amides is 1. The van der Waals surface area contributed by atoms with Gasteiger partial charge in [0, 0.05) is 65.3 Å². The number of fused-ring (bicyclic) bond motifs is 2. The molecule has 1 amide bonds. The smallest absolute Gasteiger partial charge is 0.300 e. The molecule has 0 radical (unpaired) electrons. The van der Waals surface area contributed by atoms with Gasteiger partial charge in [-0.15, -0.1) is 22.7 Å². The number of nitrogens with two attached hydrogens (primary N) is 1. The average molecular weight is 954 g/mol. The molecule has 0 aliphatic heterocycles. The Balaban J connectivity index is 0.000000341. The summed E-state index contributed by atoms with van der Waals surface area (Å²) in [6.07, 6.45) is 0.340.